The lowest BCUT2D eigenvalue weighted by molar-refractivity contribution is -0.0979. The third-order valence-electron chi connectivity index (χ3n) is 5.92. The van der Waals surface area contributed by atoms with Gasteiger partial charge in [-0.05, 0) is 60.2 Å². The fourth-order valence-corrected chi connectivity index (χ4v) is 3.67. The molecule has 2 heteroatoms. The molecule has 4 unspecified atom stereocenters. The van der Waals surface area contributed by atoms with Gasteiger partial charge in [0, 0.05) is 17.1 Å². The largest absolute Gasteiger partial charge is 0.306 e. The topological polar surface area (TPSA) is 6.48 Å². The molecule has 0 spiro atoms. The molecule has 0 aromatic rings. The minimum absolute atomic E-state index is 0.317. The molecule has 1 fully saturated rings. The molecular formula is C15H32N2. The third-order valence-corrected chi connectivity index (χ3v) is 5.92. The Morgan fingerprint density at radius 1 is 1.18 bits per heavy atom. The van der Waals surface area contributed by atoms with E-state index in [1.165, 1.54) is 19.3 Å². The second-order valence-electron chi connectivity index (χ2n) is 6.64. The normalized spacial score (nSPS) is 44.3. The Morgan fingerprint density at radius 2 is 1.71 bits per heavy atom. The average molecular weight is 240 g/mol. The van der Waals surface area contributed by atoms with Gasteiger partial charge in [-0.25, -0.2) is 0 Å². The third kappa shape index (κ3) is 2.26. The van der Waals surface area contributed by atoms with Crippen molar-refractivity contribution < 1.29 is 0 Å². The van der Waals surface area contributed by atoms with Crippen LogP contribution < -0.4 is 0 Å². The van der Waals surface area contributed by atoms with Gasteiger partial charge >= 0.3 is 0 Å². The second kappa shape index (κ2) is 4.89. The van der Waals surface area contributed by atoms with Crippen LogP contribution in [0.4, 0.5) is 0 Å². The Labute approximate surface area is 108 Å². The van der Waals surface area contributed by atoms with Crippen LogP contribution in [0.2, 0.25) is 0 Å². The van der Waals surface area contributed by atoms with Crippen LogP contribution in [0.25, 0.3) is 0 Å². The molecule has 102 valence electrons. The maximum Gasteiger partial charge on any atom is 0.0221 e. The summed E-state index contributed by atoms with van der Waals surface area (Å²) < 4.78 is 0. The highest BCUT2D eigenvalue weighted by molar-refractivity contribution is 5.07. The predicted molar refractivity (Wildman–Crippen MR) is 76.4 cm³/mol. The number of rotatable bonds is 3. The van der Waals surface area contributed by atoms with Crippen molar-refractivity contribution in [2.75, 3.05) is 21.1 Å². The van der Waals surface area contributed by atoms with Crippen LogP contribution in [0.5, 0.6) is 0 Å². The lowest BCUT2D eigenvalue weighted by Gasteiger charge is -2.60. The molecule has 0 aromatic heterocycles. The molecule has 0 aromatic carbocycles. The maximum atomic E-state index is 2.66. The van der Waals surface area contributed by atoms with Gasteiger partial charge in [-0.1, -0.05) is 20.8 Å². The highest BCUT2D eigenvalue weighted by atomic mass is 15.3. The fraction of sp³-hybridized carbons (Fsp3) is 1.00. The van der Waals surface area contributed by atoms with E-state index in [1.54, 1.807) is 0 Å². The van der Waals surface area contributed by atoms with Crippen LogP contribution in [0.15, 0.2) is 0 Å². The molecule has 0 aliphatic carbocycles. The summed E-state index contributed by atoms with van der Waals surface area (Å²) in [5, 5.41) is 0. The van der Waals surface area contributed by atoms with E-state index in [2.05, 4.69) is 65.6 Å². The molecule has 0 bridgehead atoms. The average Bonchev–Trinajstić information content (AvgIpc) is 2.31. The van der Waals surface area contributed by atoms with Gasteiger partial charge in [0.15, 0.2) is 0 Å². The first-order valence-electron chi connectivity index (χ1n) is 7.13. The van der Waals surface area contributed by atoms with E-state index in [4.69, 9.17) is 0 Å². The lowest BCUT2D eigenvalue weighted by Crippen LogP contribution is -2.68. The Kier molecular flexibility index (Phi) is 4.31. The number of likely N-dealkylation sites (tertiary alicyclic amines) is 1. The Balaban J connectivity index is 3.13. The molecule has 0 saturated carbocycles. The first-order valence-corrected chi connectivity index (χ1v) is 7.13. The molecule has 1 saturated heterocycles. The molecule has 0 radical (unpaired) electrons. The summed E-state index contributed by atoms with van der Waals surface area (Å²) in [6.45, 7) is 12.0. The molecular weight excluding hydrogens is 208 g/mol. The maximum absolute atomic E-state index is 2.66. The van der Waals surface area contributed by atoms with Crippen molar-refractivity contribution in [2.24, 2.45) is 5.92 Å². The molecule has 17 heavy (non-hydrogen) atoms. The van der Waals surface area contributed by atoms with Crippen molar-refractivity contribution in [1.29, 1.82) is 0 Å². The summed E-state index contributed by atoms with van der Waals surface area (Å²) in [5.74, 6) is 0.715. The number of hydrogen-bond donors (Lipinski definition) is 0. The SMILES string of the molecule is CCC1(C)CC(N(C)C)C(C)C(C)(CC)N1C. The molecule has 2 nitrogen and oxygen atoms in total. The summed E-state index contributed by atoms with van der Waals surface area (Å²) >= 11 is 0. The zero-order chi connectivity index (χ0) is 13.4. The van der Waals surface area contributed by atoms with Crippen LogP contribution in [0.3, 0.4) is 0 Å². The summed E-state index contributed by atoms with van der Waals surface area (Å²) in [4.78, 5) is 5.09. The van der Waals surface area contributed by atoms with Crippen molar-refractivity contribution >= 4 is 0 Å². The number of hydrogen-bond acceptors (Lipinski definition) is 2. The van der Waals surface area contributed by atoms with Gasteiger partial charge in [0.2, 0.25) is 0 Å². The van der Waals surface area contributed by atoms with E-state index < -0.39 is 0 Å². The molecule has 0 amide bonds. The van der Waals surface area contributed by atoms with Crippen molar-refractivity contribution in [2.45, 2.75) is 71.0 Å². The number of piperidine rings is 1. The van der Waals surface area contributed by atoms with Gasteiger partial charge in [-0.3, -0.25) is 4.90 Å². The van der Waals surface area contributed by atoms with E-state index in [1.807, 2.05) is 0 Å². The van der Waals surface area contributed by atoms with E-state index in [9.17, 15) is 0 Å². The van der Waals surface area contributed by atoms with Gasteiger partial charge in [0.05, 0.1) is 0 Å². The number of nitrogens with zero attached hydrogens (tertiary/aromatic N) is 2. The summed E-state index contributed by atoms with van der Waals surface area (Å²) in [7, 11) is 6.80. The highest BCUT2D eigenvalue weighted by Crippen LogP contribution is 2.45. The molecule has 1 aliphatic heterocycles. The fourth-order valence-electron chi connectivity index (χ4n) is 3.67. The van der Waals surface area contributed by atoms with Crippen LogP contribution in [-0.2, 0) is 0 Å². The van der Waals surface area contributed by atoms with Crippen molar-refractivity contribution in [3.63, 3.8) is 0 Å². The van der Waals surface area contributed by atoms with Crippen LogP contribution in [-0.4, -0.2) is 48.1 Å². The zero-order valence-electron chi connectivity index (χ0n) is 13.2. The van der Waals surface area contributed by atoms with E-state index >= 15 is 0 Å². The van der Waals surface area contributed by atoms with Crippen LogP contribution in [0, 0.1) is 5.92 Å². The second-order valence-corrected chi connectivity index (χ2v) is 6.64. The van der Waals surface area contributed by atoms with Crippen LogP contribution >= 0.6 is 0 Å². The van der Waals surface area contributed by atoms with Crippen molar-refractivity contribution in [1.82, 2.24) is 9.80 Å². The molecule has 1 heterocycles. The van der Waals surface area contributed by atoms with E-state index in [0.29, 0.717) is 23.0 Å². The smallest absolute Gasteiger partial charge is 0.0221 e. The van der Waals surface area contributed by atoms with E-state index in [-0.39, 0.29) is 0 Å². The standard InChI is InChI=1S/C15H32N2/c1-9-14(4)11-13(16(6)7)12(3)15(5,10-2)17(14)8/h12-13H,9-11H2,1-8H3. The van der Waals surface area contributed by atoms with Crippen molar-refractivity contribution in [3.8, 4) is 0 Å². The predicted octanol–water partition coefficient (Wildman–Crippen LogP) is 3.23. The lowest BCUT2D eigenvalue weighted by atomic mass is 9.67. The Morgan fingerprint density at radius 3 is 2.06 bits per heavy atom. The van der Waals surface area contributed by atoms with Crippen molar-refractivity contribution in [3.05, 3.63) is 0 Å². The quantitative estimate of drug-likeness (QED) is 0.747. The molecule has 4 atom stereocenters. The summed E-state index contributed by atoms with van der Waals surface area (Å²) in [5.41, 5.74) is 0.657. The molecule has 0 N–H and O–H groups in total. The van der Waals surface area contributed by atoms with Gasteiger partial charge in [-0.15, -0.1) is 0 Å². The minimum Gasteiger partial charge on any atom is -0.306 e. The van der Waals surface area contributed by atoms with Gasteiger partial charge < -0.3 is 4.90 Å². The van der Waals surface area contributed by atoms with Gasteiger partial charge in [0.1, 0.15) is 0 Å². The molecule has 1 aliphatic rings. The highest BCUT2D eigenvalue weighted by Gasteiger charge is 2.51. The van der Waals surface area contributed by atoms with E-state index in [0.717, 1.165) is 0 Å². The molecule has 1 rings (SSSR count). The first-order chi connectivity index (χ1) is 7.73. The van der Waals surface area contributed by atoms with Gasteiger partial charge in [-0.2, -0.15) is 0 Å². The van der Waals surface area contributed by atoms with Crippen LogP contribution in [0.1, 0.15) is 53.9 Å². The minimum atomic E-state index is 0.317. The first kappa shape index (κ1) is 15.0. The Hall–Kier alpha value is -0.0800. The summed E-state index contributed by atoms with van der Waals surface area (Å²) in [6, 6.07) is 0.695. The zero-order valence-corrected chi connectivity index (χ0v) is 13.2. The summed E-state index contributed by atoms with van der Waals surface area (Å²) in [6.07, 6.45) is 3.74. The van der Waals surface area contributed by atoms with Gasteiger partial charge in [0.25, 0.3) is 0 Å². The Bertz CT molecular complexity index is 264. The monoisotopic (exact) mass is 240 g/mol.